The van der Waals surface area contributed by atoms with Gasteiger partial charge in [-0.25, -0.2) is 0 Å². The number of rotatable bonds is 4. The molecule has 1 unspecified atom stereocenters. The fraction of sp³-hybridized carbons (Fsp3) is 0.600. The molecule has 1 atom stereocenters. The standard InChI is InChI=1S/C20H28N4O2/c25-19(14-17-5-3-8-21-17)23-12-10-22(11-13-23)15-20(26)24-9-7-16-4-1-2-6-18(16)24/h1-2,4,6,17,21H,3,5,7-15H2. The SMILES string of the molecule is O=C(CC1CCCN1)N1CCN(CC(=O)N2CCc3ccccc32)CC1. The van der Waals surface area contributed by atoms with Crippen molar-refractivity contribution in [1.82, 2.24) is 15.1 Å². The first kappa shape index (κ1) is 17.5. The smallest absolute Gasteiger partial charge is 0.241 e. The molecule has 1 aromatic carbocycles. The maximum Gasteiger partial charge on any atom is 0.241 e. The Morgan fingerprint density at radius 3 is 2.62 bits per heavy atom. The van der Waals surface area contributed by atoms with E-state index in [1.807, 2.05) is 28.0 Å². The van der Waals surface area contributed by atoms with E-state index >= 15 is 0 Å². The number of amides is 2. The van der Waals surface area contributed by atoms with Crippen LogP contribution in [0.3, 0.4) is 0 Å². The summed E-state index contributed by atoms with van der Waals surface area (Å²) in [6.07, 6.45) is 3.84. The molecule has 3 heterocycles. The molecule has 0 aromatic heterocycles. The fourth-order valence-electron chi connectivity index (χ4n) is 4.30. The Kier molecular flexibility index (Phi) is 5.22. The second-order valence-corrected chi connectivity index (χ2v) is 7.58. The van der Waals surface area contributed by atoms with Crippen LogP contribution in [-0.2, 0) is 16.0 Å². The third-order valence-corrected chi connectivity index (χ3v) is 5.86. The zero-order chi connectivity index (χ0) is 17.9. The summed E-state index contributed by atoms with van der Waals surface area (Å²) in [6, 6.07) is 8.52. The van der Waals surface area contributed by atoms with Crippen molar-refractivity contribution < 1.29 is 9.59 Å². The molecule has 0 spiro atoms. The maximum absolute atomic E-state index is 12.7. The molecule has 140 valence electrons. The zero-order valence-corrected chi connectivity index (χ0v) is 15.3. The Balaban J connectivity index is 1.25. The van der Waals surface area contributed by atoms with Crippen molar-refractivity contribution >= 4 is 17.5 Å². The van der Waals surface area contributed by atoms with Gasteiger partial charge in [-0.2, -0.15) is 0 Å². The number of carbonyl (C=O) groups excluding carboxylic acids is 2. The highest BCUT2D eigenvalue weighted by Gasteiger charge is 2.28. The van der Waals surface area contributed by atoms with Gasteiger partial charge in [-0.1, -0.05) is 18.2 Å². The zero-order valence-electron chi connectivity index (χ0n) is 15.3. The van der Waals surface area contributed by atoms with Crippen LogP contribution in [-0.4, -0.2) is 73.5 Å². The number of nitrogens with zero attached hydrogens (tertiary/aromatic N) is 3. The van der Waals surface area contributed by atoms with Crippen molar-refractivity contribution in [3.8, 4) is 0 Å². The van der Waals surface area contributed by atoms with Crippen molar-refractivity contribution in [1.29, 1.82) is 0 Å². The van der Waals surface area contributed by atoms with E-state index < -0.39 is 0 Å². The lowest BCUT2D eigenvalue weighted by molar-refractivity contribution is -0.133. The highest BCUT2D eigenvalue weighted by molar-refractivity contribution is 5.96. The van der Waals surface area contributed by atoms with E-state index in [-0.39, 0.29) is 11.8 Å². The molecule has 0 aliphatic carbocycles. The van der Waals surface area contributed by atoms with Crippen LogP contribution in [0.5, 0.6) is 0 Å². The first-order chi connectivity index (χ1) is 12.7. The molecule has 2 amide bonds. The average molecular weight is 356 g/mol. The van der Waals surface area contributed by atoms with E-state index in [0.29, 0.717) is 19.0 Å². The molecule has 0 radical (unpaired) electrons. The summed E-state index contributed by atoms with van der Waals surface area (Å²) in [6.45, 7) is 5.29. The lowest BCUT2D eigenvalue weighted by Crippen LogP contribution is -2.52. The molecule has 2 fully saturated rings. The topological polar surface area (TPSA) is 55.9 Å². The molecular weight excluding hydrogens is 328 g/mol. The minimum atomic E-state index is 0.171. The third-order valence-electron chi connectivity index (χ3n) is 5.86. The third kappa shape index (κ3) is 3.76. The molecule has 1 aromatic rings. The van der Waals surface area contributed by atoms with E-state index in [9.17, 15) is 9.59 Å². The number of para-hydroxylation sites is 1. The number of nitrogens with one attached hydrogen (secondary N) is 1. The minimum Gasteiger partial charge on any atom is -0.340 e. The normalized spacial score (nSPS) is 23.3. The predicted molar refractivity (Wildman–Crippen MR) is 101 cm³/mol. The Morgan fingerprint density at radius 2 is 1.85 bits per heavy atom. The molecule has 3 aliphatic rings. The lowest BCUT2D eigenvalue weighted by atomic mass is 10.1. The largest absolute Gasteiger partial charge is 0.340 e. The van der Waals surface area contributed by atoms with Gasteiger partial charge >= 0.3 is 0 Å². The molecule has 2 saturated heterocycles. The quantitative estimate of drug-likeness (QED) is 0.870. The van der Waals surface area contributed by atoms with Crippen LogP contribution >= 0.6 is 0 Å². The van der Waals surface area contributed by atoms with E-state index in [1.165, 1.54) is 12.0 Å². The summed E-state index contributed by atoms with van der Waals surface area (Å²) in [5.74, 6) is 0.425. The number of carbonyl (C=O) groups is 2. The van der Waals surface area contributed by atoms with Gasteiger partial charge in [0.2, 0.25) is 11.8 Å². The van der Waals surface area contributed by atoms with Crippen molar-refractivity contribution in [3.05, 3.63) is 29.8 Å². The van der Waals surface area contributed by atoms with Crippen LogP contribution in [0.2, 0.25) is 0 Å². The first-order valence-corrected chi connectivity index (χ1v) is 9.82. The number of fused-ring (bicyclic) bond motifs is 1. The van der Waals surface area contributed by atoms with Gasteiger partial charge in [0, 0.05) is 50.9 Å². The predicted octanol–water partition coefficient (Wildman–Crippen LogP) is 0.862. The lowest BCUT2D eigenvalue weighted by Gasteiger charge is -2.35. The fourth-order valence-corrected chi connectivity index (χ4v) is 4.30. The van der Waals surface area contributed by atoms with Gasteiger partial charge in [0.25, 0.3) is 0 Å². The van der Waals surface area contributed by atoms with Crippen molar-refractivity contribution in [2.75, 3.05) is 50.7 Å². The van der Waals surface area contributed by atoms with Gasteiger partial charge in [0.15, 0.2) is 0 Å². The van der Waals surface area contributed by atoms with Crippen LogP contribution in [0.1, 0.15) is 24.8 Å². The molecular formula is C20H28N4O2. The molecule has 26 heavy (non-hydrogen) atoms. The summed E-state index contributed by atoms with van der Waals surface area (Å²) >= 11 is 0. The summed E-state index contributed by atoms with van der Waals surface area (Å²) in [7, 11) is 0. The molecule has 1 N–H and O–H groups in total. The van der Waals surface area contributed by atoms with Crippen LogP contribution < -0.4 is 10.2 Å². The van der Waals surface area contributed by atoms with Gasteiger partial charge in [-0.05, 0) is 37.4 Å². The van der Waals surface area contributed by atoms with E-state index in [2.05, 4.69) is 16.3 Å². The van der Waals surface area contributed by atoms with E-state index in [4.69, 9.17) is 0 Å². The van der Waals surface area contributed by atoms with E-state index in [1.54, 1.807) is 0 Å². The summed E-state index contributed by atoms with van der Waals surface area (Å²) < 4.78 is 0. The van der Waals surface area contributed by atoms with Gasteiger partial charge in [-0.3, -0.25) is 14.5 Å². The van der Waals surface area contributed by atoms with Crippen LogP contribution in [0.25, 0.3) is 0 Å². The van der Waals surface area contributed by atoms with Gasteiger partial charge in [0.05, 0.1) is 6.54 Å². The monoisotopic (exact) mass is 356 g/mol. The minimum absolute atomic E-state index is 0.171. The van der Waals surface area contributed by atoms with Gasteiger partial charge < -0.3 is 15.1 Å². The van der Waals surface area contributed by atoms with Crippen LogP contribution in [0, 0.1) is 0 Å². The van der Waals surface area contributed by atoms with Crippen molar-refractivity contribution in [2.45, 2.75) is 31.7 Å². The van der Waals surface area contributed by atoms with Crippen LogP contribution in [0.4, 0.5) is 5.69 Å². The highest BCUT2D eigenvalue weighted by atomic mass is 16.2. The van der Waals surface area contributed by atoms with Crippen LogP contribution in [0.15, 0.2) is 24.3 Å². The van der Waals surface area contributed by atoms with E-state index in [0.717, 1.165) is 57.8 Å². The summed E-state index contributed by atoms with van der Waals surface area (Å²) in [5, 5.41) is 3.39. The van der Waals surface area contributed by atoms with Gasteiger partial charge in [0.1, 0.15) is 0 Å². The number of benzene rings is 1. The Hall–Kier alpha value is -1.92. The summed E-state index contributed by atoms with van der Waals surface area (Å²) in [4.78, 5) is 31.2. The first-order valence-electron chi connectivity index (χ1n) is 9.82. The number of hydrogen-bond acceptors (Lipinski definition) is 4. The summed E-state index contributed by atoms with van der Waals surface area (Å²) in [5.41, 5.74) is 2.33. The Labute approximate surface area is 155 Å². The molecule has 0 bridgehead atoms. The molecule has 4 rings (SSSR count). The molecule has 0 saturated carbocycles. The van der Waals surface area contributed by atoms with Gasteiger partial charge in [-0.15, -0.1) is 0 Å². The Bertz CT molecular complexity index is 664. The number of hydrogen-bond donors (Lipinski definition) is 1. The number of anilines is 1. The molecule has 3 aliphatic heterocycles. The molecule has 6 heteroatoms. The van der Waals surface area contributed by atoms with Crippen molar-refractivity contribution in [2.24, 2.45) is 0 Å². The highest BCUT2D eigenvalue weighted by Crippen LogP contribution is 2.27. The number of piperazine rings is 1. The average Bonchev–Trinajstić information content (AvgIpc) is 3.31. The molecule has 6 nitrogen and oxygen atoms in total. The Morgan fingerprint density at radius 1 is 1.04 bits per heavy atom. The second kappa shape index (κ2) is 7.76. The second-order valence-electron chi connectivity index (χ2n) is 7.58. The van der Waals surface area contributed by atoms with Crippen molar-refractivity contribution in [3.63, 3.8) is 0 Å². The maximum atomic E-state index is 12.7.